The van der Waals surface area contributed by atoms with Crippen molar-refractivity contribution in [2.24, 2.45) is 0 Å². The first-order valence-corrected chi connectivity index (χ1v) is 9.66. The van der Waals surface area contributed by atoms with Crippen molar-refractivity contribution in [3.05, 3.63) is 46.7 Å². The lowest BCUT2D eigenvalue weighted by atomic mass is 10.1. The van der Waals surface area contributed by atoms with Gasteiger partial charge in [-0.2, -0.15) is 9.61 Å². The molecule has 142 valence electrons. The number of aryl methyl sites for hydroxylation is 2. The highest BCUT2D eigenvalue weighted by Gasteiger charge is 2.23. The van der Waals surface area contributed by atoms with Crippen molar-refractivity contribution in [1.29, 1.82) is 0 Å². The Morgan fingerprint density at radius 2 is 1.85 bits per heavy atom. The molecule has 1 fully saturated rings. The van der Waals surface area contributed by atoms with Crippen LogP contribution in [0.1, 0.15) is 11.4 Å². The molecule has 1 aliphatic heterocycles. The Morgan fingerprint density at radius 1 is 1.11 bits per heavy atom. The number of benzene rings is 1. The smallest absolute Gasteiger partial charge is 0.165 e. The first-order valence-electron chi connectivity index (χ1n) is 9.28. The van der Waals surface area contributed by atoms with E-state index in [2.05, 4.69) is 15.9 Å². The van der Waals surface area contributed by atoms with Crippen LogP contribution in [0.3, 0.4) is 0 Å². The number of aromatic nitrogens is 3. The third-order valence-electron chi connectivity index (χ3n) is 5.13. The summed E-state index contributed by atoms with van der Waals surface area (Å²) in [7, 11) is 0. The Balaban J connectivity index is 1.78. The van der Waals surface area contributed by atoms with Gasteiger partial charge < -0.3 is 10.0 Å². The number of aliphatic hydroxyl groups excluding tert-OH is 1. The van der Waals surface area contributed by atoms with Gasteiger partial charge in [0.05, 0.1) is 17.9 Å². The highest BCUT2D eigenvalue weighted by molar-refractivity contribution is 6.33. The van der Waals surface area contributed by atoms with Crippen molar-refractivity contribution >= 4 is 23.1 Å². The molecule has 1 aliphatic rings. The summed E-state index contributed by atoms with van der Waals surface area (Å²) >= 11 is 6.46. The number of halogens is 1. The quantitative estimate of drug-likeness (QED) is 0.748. The van der Waals surface area contributed by atoms with E-state index in [9.17, 15) is 0 Å². The topological polar surface area (TPSA) is 56.9 Å². The van der Waals surface area contributed by atoms with Gasteiger partial charge in [0.15, 0.2) is 5.65 Å². The van der Waals surface area contributed by atoms with Crippen molar-refractivity contribution in [2.75, 3.05) is 44.2 Å². The Hall–Kier alpha value is -2.15. The van der Waals surface area contributed by atoms with Gasteiger partial charge in [-0.1, -0.05) is 29.8 Å². The molecule has 7 heteroatoms. The van der Waals surface area contributed by atoms with Crippen molar-refractivity contribution in [3.8, 4) is 11.1 Å². The van der Waals surface area contributed by atoms with Crippen LogP contribution in [0.4, 0.5) is 5.82 Å². The van der Waals surface area contributed by atoms with E-state index in [4.69, 9.17) is 26.8 Å². The molecular weight excluding hydrogens is 362 g/mol. The summed E-state index contributed by atoms with van der Waals surface area (Å²) < 4.78 is 1.95. The van der Waals surface area contributed by atoms with Gasteiger partial charge in [-0.05, 0) is 19.9 Å². The summed E-state index contributed by atoms with van der Waals surface area (Å²) in [4.78, 5) is 9.41. The molecule has 0 aliphatic carbocycles. The van der Waals surface area contributed by atoms with Gasteiger partial charge in [-0.25, -0.2) is 4.98 Å². The van der Waals surface area contributed by atoms with E-state index >= 15 is 0 Å². The SMILES string of the molecule is Cc1cc(N2CCN(CCO)CC2)n2nc(C)c(-c3ccccc3Cl)c2n1. The molecule has 0 amide bonds. The van der Waals surface area contributed by atoms with E-state index in [0.717, 1.165) is 66.7 Å². The number of hydrogen-bond acceptors (Lipinski definition) is 5. The first kappa shape index (κ1) is 18.2. The molecule has 1 saturated heterocycles. The minimum Gasteiger partial charge on any atom is -0.395 e. The third kappa shape index (κ3) is 3.40. The van der Waals surface area contributed by atoms with Crippen molar-refractivity contribution in [1.82, 2.24) is 19.5 Å². The second kappa shape index (κ2) is 7.46. The van der Waals surface area contributed by atoms with Crippen LogP contribution in [0.25, 0.3) is 16.8 Å². The van der Waals surface area contributed by atoms with E-state index in [1.54, 1.807) is 0 Å². The zero-order valence-electron chi connectivity index (χ0n) is 15.7. The summed E-state index contributed by atoms with van der Waals surface area (Å²) in [6.45, 7) is 8.63. The van der Waals surface area contributed by atoms with Crippen LogP contribution in [-0.2, 0) is 0 Å². The van der Waals surface area contributed by atoms with Gasteiger partial charge in [0.2, 0.25) is 0 Å². The Kier molecular flexibility index (Phi) is 5.04. The maximum Gasteiger partial charge on any atom is 0.165 e. The fourth-order valence-corrected chi connectivity index (χ4v) is 4.00. The van der Waals surface area contributed by atoms with Gasteiger partial charge in [-0.3, -0.25) is 4.90 Å². The molecule has 0 spiro atoms. The van der Waals surface area contributed by atoms with E-state index < -0.39 is 0 Å². The molecule has 3 heterocycles. The summed E-state index contributed by atoms with van der Waals surface area (Å²) in [5.41, 5.74) is 4.67. The molecule has 0 atom stereocenters. The molecule has 2 aromatic heterocycles. The highest BCUT2D eigenvalue weighted by Crippen LogP contribution is 2.34. The molecule has 6 nitrogen and oxygen atoms in total. The number of nitrogens with zero attached hydrogens (tertiary/aromatic N) is 5. The van der Waals surface area contributed by atoms with Crippen LogP contribution in [0.5, 0.6) is 0 Å². The van der Waals surface area contributed by atoms with E-state index in [1.807, 2.05) is 42.6 Å². The van der Waals surface area contributed by atoms with Crippen molar-refractivity contribution in [3.63, 3.8) is 0 Å². The standard InChI is InChI=1S/C20H24ClN5O/c1-14-13-18(25-9-7-24(8-10-25)11-12-27)26-20(22-14)19(15(2)23-26)16-5-3-4-6-17(16)21/h3-6,13,27H,7-12H2,1-2H3. The second-order valence-corrected chi connectivity index (χ2v) is 7.39. The number of fused-ring (bicyclic) bond motifs is 1. The number of rotatable bonds is 4. The average molecular weight is 386 g/mol. The monoisotopic (exact) mass is 385 g/mol. The van der Waals surface area contributed by atoms with Crippen LogP contribution < -0.4 is 4.90 Å². The Morgan fingerprint density at radius 3 is 2.56 bits per heavy atom. The fraction of sp³-hybridized carbons (Fsp3) is 0.400. The van der Waals surface area contributed by atoms with Crippen LogP contribution in [0.2, 0.25) is 5.02 Å². The lowest BCUT2D eigenvalue weighted by Gasteiger charge is -2.35. The van der Waals surface area contributed by atoms with Gasteiger partial charge in [0.25, 0.3) is 0 Å². The Bertz CT molecular complexity index is 962. The molecule has 0 bridgehead atoms. The lowest BCUT2D eigenvalue weighted by molar-refractivity contribution is 0.188. The molecule has 0 saturated carbocycles. The molecule has 3 aromatic rings. The molecule has 27 heavy (non-hydrogen) atoms. The summed E-state index contributed by atoms with van der Waals surface area (Å²) in [5.74, 6) is 1.06. The van der Waals surface area contributed by atoms with Crippen LogP contribution in [-0.4, -0.2) is 63.9 Å². The van der Waals surface area contributed by atoms with Crippen LogP contribution in [0.15, 0.2) is 30.3 Å². The van der Waals surface area contributed by atoms with Crippen LogP contribution in [0, 0.1) is 13.8 Å². The Labute approximate surface area is 164 Å². The van der Waals surface area contributed by atoms with Crippen molar-refractivity contribution in [2.45, 2.75) is 13.8 Å². The molecule has 0 unspecified atom stereocenters. The molecular formula is C20H24ClN5O. The van der Waals surface area contributed by atoms with Gasteiger partial charge in [0.1, 0.15) is 5.82 Å². The number of anilines is 1. The number of aliphatic hydroxyl groups is 1. The summed E-state index contributed by atoms with van der Waals surface area (Å²) in [5, 5.41) is 14.7. The molecule has 0 radical (unpaired) electrons. The average Bonchev–Trinajstić information content (AvgIpc) is 2.98. The summed E-state index contributed by atoms with van der Waals surface area (Å²) in [6.07, 6.45) is 0. The maximum atomic E-state index is 9.15. The number of β-amino-alcohol motifs (C(OH)–C–C–N with tert-alkyl or cyclic N) is 1. The third-order valence-corrected chi connectivity index (χ3v) is 5.46. The predicted octanol–water partition coefficient (Wildman–Crippen LogP) is 2.78. The maximum absolute atomic E-state index is 9.15. The molecule has 4 rings (SSSR count). The molecule has 1 aromatic carbocycles. The zero-order chi connectivity index (χ0) is 19.0. The highest BCUT2D eigenvalue weighted by atomic mass is 35.5. The fourth-order valence-electron chi connectivity index (χ4n) is 3.77. The number of piperazine rings is 1. The van der Waals surface area contributed by atoms with Gasteiger partial charge >= 0.3 is 0 Å². The zero-order valence-corrected chi connectivity index (χ0v) is 16.4. The van der Waals surface area contributed by atoms with Crippen molar-refractivity contribution < 1.29 is 5.11 Å². The van der Waals surface area contributed by atoms with Gasteiger partial charge in [-0.15, -0.1) is 0 Å². The minimum atomic E-state index is 0.207. The largest absolute Gasteiger partial charge is 0.395 e. The normalized spacial score (nSPS) is 15.6. The second-order valence-electron chi connectivity index (χ2n) is 6.98. The van der Waals surface area contributed by atoms with E-state index in [-0.39, 0.29) is 6.61 Å². The summed E-state index contributed by atoms with van der Waals surface area (Å²) in [6, 6.07) is 9.93. The van der Waals surface area contributed by atoms with E-state index in [1.165, 1.54) is 0 Å². The number of hydrogen-bond donors (Lipinski definition) is 1. The predicted molar refractivity (Wildman–Crippen MR) is 109 cm³/mol. The molecule has 1 N–H and O–H groups in total. The van der Waals surface area contributed by atoms with Crippen LogP contribution >= 0.6 is 11.6 Å². The first-order chi connectivity index (χ1) is 13.1. The van der Waals surface area contributed by atoms with Gasteiger partial charge in [0, 0.05) is 55.1 Å². The minimum absolute atomic E-state index is 0.207. The lowest BCUT2D eigenvalue weighted by Crippen LogP contribution is -2.47. The van der Waals surface area contributed by atoms with E-state index in [0.29, 0.717) is 5.02 Å².